The first-order chi connectivity index (χ1) is 5.72. The Hall–Kier alpha value is -1.15. The zero-order valence-corrected chi connectivity index (χ0v) is 7.67. The molecule has 0 unspecified atom stereocenters. The number of carboxylic acid groups (broad SMARTS) is 1. The quantitative estimate of drug-likeness (QED) is 0.486. The minimum absolute atomic E-state index is 0.610. The lowest BCUT2D eigenvalue weighted by atomic mass is 10.2. The Kier molecular flexibility index (Phi) is 3.82. The average Bonchev–Trinajstić information content (AvgIpc) is 1.81. The van der Waals surface area contributed by atoms with Crippen molar-refractivity contribution in [3.8, 4) is 0 Å². The number of amides is 1. The van der Waals surface area contributed by atoms with Crippen LogP contribution < -0.4 is 10.5 Å². The van der Waals surface area contributed by atoms with Crippen LogP contribution in [0.2, 0.25) is 0 Å². The summed E-state index contributed by atoms with van der Waals surface area (Å²) in [4.78, 5) is 20.9. The summed E-state index contributed by atoms with van der Waals surface area (Å²) in [7, 11) is -3.68. The van der Waals surface area contributed by atoms with Crippen LogP contribution in [0.1, 0.15) is 6.42 Å². The van der Waals surface area contributed by atoms with E-state index in [2.05, 4.69) is 0 Å². The van der Waals surface area contributed by atoms with Gasteiger partial charge in [-0.15, -0.1) is 0 Å². The SMILES string of the molecule is CS(=O)(=O)NC(=O)[C@H](N)CC(=O)O. The normalized spacial score (nSPS) is 13.4. The number of carbonyl (C=O) groups excluding carboxylic acids is 1. The highest BCUT2D eigenvalue weighted by molar-refractivity contribution is 7.89. The van der Waals surface area contributed by atoms with Gasteiger partial charge < -0.3 is 10.8 Å². The molecule has 1 atom stereocenters. The molecular weight excluding hydrogens is 200 g/mol. The first-order valence-corrected chi connectivity index (χ1v) is 5.10. The molecule has 0 aromatic heterocycles. The molecule has 0 aromatic rings. The van der Waals surface area contributed by atoms with Crippen molar-refractivity contribution in [2.75, 3.05) is 6.26 Å². The van der Waals surface area contributed by atoms with Gasteiger partial charge in [-0.2, -0.15) is 0 Å². The van der Waals surface area contributed by atoms with Crippen LogP contribution in [0.25, 0.3) is 0 Å². The van der Waals surface area contributed by atoms with E-state index in [0.717, 1.165) is 6.26 Å². The van der Waals surface area contributed by atoms with Crippen molar-refractivity contribution in [3.63, 3.8) is 0 Å². The zero-order valence-electron chi connectivity index (χ0n) is 6.85. The van der Waals surface area contributed by atoms with Gasteiger partial charge in [0.1, 0.15) is 0 Å². The Morgan fingerprint density at radius 1 is 1.54 bits per heavy atom. The van der Waals surface area contributed by atoms with Crippen LogP contribution in [0.5, 0.6) is 0 Å². The van der Waals surface area contributed by atoms with Crippen LogP contribution >= 0.6 is 0 Å². The molecule has 0 bridgehead atoms. The molecule has 0 aromatic carbocycles. The van der Waals surface area contributed by atoms with E-state index in [0.29, 0.717) is 0 Å². The maximum Gasteiger partial charge on any atom is 0.305 e. The van der Waals surface area contributed by atoms with E-state index < -0.39 is 34.4 Å². The van der Waals surface area contributed by atoms with Gasteiger partial charge in [0.25, 0.3) is 5.91 Å². The maximum absolute atomic E-state index is 10.8. The second-order valence-corrected chi connectivity index (χ2v) is 4.19. The standard InChI is InChI=1S/C5H10N2O5S/c1-13(11,12)7-5(10)3(6)2-4(8)9/h3H,2,6H2,1H3,(H,7,10)(H,8,9)/t3-/m1/s1. The highest BCUT2D eigenvalue weighted by atomic mass is 32.2. The number of carboxylic acids is 1. The predicted octanol–water partition coefficient (Wildman–Crippen LogP) is -2.14. The van der Waals surface area contributed by atoms with Gasteiger partial charge in [-0.1, -0.05) is 0 Å². The van der Waals surface area contributed by atoms with Gasteiger partial charge in [0.15, 0.2) is 0 Å². The molecule has 0 aliphatic carbocycles. The molecule has 7 nitrogen and oxygen atoms in total. The van der Waals surface area contributed by atoms with Crippen molar-refractivity contribution >= 4 is 21.9 Å². The number of hydrogen-bond donors (Lipinski definition) is 3. The molecule has 0 aliphatic rings. The number of nitrogens with one attached hydrogen (secondary N) is 1. The Morgan fingerprint density at radius 2 is 2.00 bits per heavy atom. The second kappa shape index (κ2) is 4.19. The highest BCUT2D eigenvalue weighted by Crippen LogP contribution is 1.89. The van der Waals surface area contributed by atoms with Gasteiger partial charge in [-0.25, -0.2) is 8.42 Å². The minimum Gasteiger partial charge on any atom is -0.481 e. The van der Waals surface area contributed by atoms with E-state index in [1.54, 1.807) is 4.72 Å². The van der Waals surface area contributed by atoms with Crippen molar-refractivity contribution in [1.29, 1.82) is 0 Å². The Balaban J connectivity index is 4.21. The molecule has 0 saturated carbocycles. The van der Waals surface area contributed by atoms with Crippen molar-refractivity contribution < 1.29 is 23.1 Å². The number of nitrogens with two attached hydrogens (primary N) is 1. The van der Waals surface area contributed by atoms with Crippen LogP contribution in [0.3, 0.4) is 0 Å². The molecule has 4 N–H and O–H groups in total. The average molecular weight is 210 g/mol. The van der Waals surface area contributed by atoms with Crippen LogP contribution in [-0.2, 0) is 19.6 Å². The molecule has 0 heterocycles. The summed E-state index contributed by atoms with van der Waals surface area (Å²) in [5.41, 5.74) is 5.07. The van der Waals surface area contributed by atoms with Crippen LogP contribution in [0.15, 0.2) is 0 Å². The summed E-state index contributed by atoms with van der Waals surface area (Å²) in [5, 5.41) is 8.22. The third-order valence-electron chi connectivity index (χ3n) is 1.02. The molecule has 0 saturated heterocycles. The van der Waals surface area contributed by atoms with E-state index in [9.17, 15) is 18.0 Å². The summed E-state index contributed by atoms with van der Waals surface area (Å²) in [5.74, 6) is -2.29. The molecule has 13 heavy (non-hydrogen) atoms. The minimum atomic E-state index is -3.68. The number of aliphatic carboxylic acids is 1. The summed E-state index contributed by atoms with van der Waals surface area (Å²) in [6, 6.07) is -1.35. The number of carbonyl (C=O) groups is 2. The monoisotopic (exact) mass is 210 g/mol. The van der Waals surface area contributed by atoms with Gasteiger partial charge in [0.05, 0.1) is 18.7 Å². The van der Waals surface area contributed by atoms with Gasteiger partial charge in [-0.3, -0.25) is 14.3 Å². The third kappa shape index (κ3) is 6.05. The summed E-state index contributed by atoms with van der Waals surface area (Å²) in [6.07, 6.45) is 0.166. The Morgan fingerprint density at radius 3 is 2.31 bits per heavy atom. The topological polar surface area (TPSA) is 127 Å². The van der Waals surface area contributed by atoms with Crippen molar-refractivity contribution in [3.05, 3.63) is 0 Å². The van der Waals surface area contributed by atoms with Crippen LogP contribution in [-0.4, -0.2) is 37.7 Å². The zero-order chi connectivity index (χ0) is 10.6. The van der Waals surface area contributed by atoms with Crippen molar-refractivity contribution in [2.45, 2.75) is 12.5 Å². The van der Waals surface area contributed by atoms with E-state index in [4.69, 9.17) is 10.8 Å². The fraction of sp³-hybridized carbons (Fsp3) is 0.600. The summed E-state index contributed by atoms with van der Waals surface area (Å²) in [6.45, 7) is 0. The molecule has 0 aliphatic heterocycles. The van der Waals surface area contributed by atoms with E-state index in [1.165, 1.54) is 0 Å². The fourth-order valence-corrected chi connectivity index (χ4v) is 1.06. The van der Waals surface area contributed by atoms with Gasteiger partial charge >= 0.3 is 5.97 Å². The summed E-state index contributed by atoms with van der Waals surface area (Å²) < 4.78 is 22.6. The molecule has 8 heteroatoms. The lowest BCUT2D eigenvalue weighted by Crippen LogP contribution is -2.44. The first kappa shape index (κ1) is 11.8. The second-order valence-electron chi connectivity index (χ2n) is 2.44. The fourth-order valence-electron chi connectivity index (χ4n) is 0.539. The molecule has 0 rings (SSSR count). The molecular formula is C5H10N2O5S. The molecule has 76 valence electrons. The first-order valence-electron chi connectivity index (χ1n) is 3.21. The number of sulfonamides is 1. The van der Waals surface area contributed by atoms with E-state index in [-0.39, 0.29) is 0 Å². The third-order valence-corrected chi connectivity index (χ3v) is 1.59. The van der Waals surface area contributed by atoms with Crippen molar-refractivity contribution in [2.24, 2.45) is 5.73 Å². The van der Waals surface area contributed by atoms with Crippen molar-refractivity contribution in [1.82, 2.24) is 4.72 Å². The Bertz CT molecular complexity index is 309. The lowest BCUT2D eigenvalue weighted by Gasteiger charge is -2.07. The Labute approximate surface area is 75.0 Å². The molecule has 1 amide bonds. The van der Waals surface area contributed by atoms with Gasteiger partial charge in [0, 0.05) is 0 Å². The highest BCUT2D eigenvalue weighted by Gasteiger charge is 2.19. The van der Waals surface area contributed by atoms with Gasteiger partial charge in [0.2, 0.25) is 10.0 Å². The summed E-state index contributed by atoms with van der Waals surface area (Å²) >= 11 is 0. The number of rotatable bonds is 4. The largest absolute Gasteiger partial charge is 0.481 e. The lowest BCUT2D eigenvalue weighted by molar-refractivity contribution is -0.139. The van der Waals surface area contributed by atoms with Crippen LogP contribution in [0.4, 0.5) is 0 Å². The molecule has 0 fully saturated rings. The van der Waals surface area contributed by atoms with Gasteiger partial charge in [-0.05, 0) is 0 Å². The molecule has 0 radical (unpaired) electrons. The molecule has 0 spiro atoms. The van der Waals surface area contributed by atoms with E-state index >= 15 is 0 Å². The maximum atomic E-state index is 10.8. The van der Waals surface area contributed by atoms with E-state index in [1.807, 2.05) is 0 Å². The van der Waals surface area contributed by atoms with Crippen LogP contribution in [0, 0.1) is 0 Å². The number of hydrogen-bond acceptors (Lipinski definition) is 5. The smallest absolute Gasteiger partial charge is 0.305 e. The predicted molar refractivity (Wildman–Crippen MR) is 43.2 cm³/mol.